The molecule has 8 nitrogen and oxygen atoms in total. The molecule has 0 spiro atoms. The molecule has 0 bridgehead atoms. The van der Waals surface area contributed by atoms with Crippen molar-refractivity contribution >= 4 is 55.7 Å². The third-order valence-corrected chi connectivity index (χ3v) is 6.77. The largest absolute Gasteiger partial charge is 0.506 e. The smallest absolute Gasteiger partial charge is 0.250 e. The number of benzene rings is 3. The number of carbonyl (C=O) groups excluding carboxylic acids is 1. The number of halogens is 2. The second-order valence-corrected chi connectivity index (χ2v) is 9.83. The summed E-state index contributed by atoms with van der Waals surface area (Å²) < 4.78 is 8.43. The number of methoxy groups -OCH3 is 1. The average molecular weight is 617 g/mol. The van der Waals surface area contributed by atoms with Crippen molar-refractivity contribution in [3.05, 3.63) is 81.2 Å². The summed E-state index contributed by atoms with van der Waals surface area (Å²) in [7, 11) is 1.62. The summed E-state index contributed by atoms with van der Waals surface area (Å²) in [6, 6.07) is 20.6. The van der Waals surface area contributed by atoms with Crippen molar-refractivity contribution in [2.75, 3.05) is 12.9 Å². The molecule has 35 heavy (non-hydrogen) atoms. The van der Waals surface area contributed by atoms with Crippen LogP contribution in [0.5, 0.6) is 11.5 Å². The molecular weight excluding hydrogens is 598 g/mol. The van der Waals surface area contributed by atoms with E-state index in [0.717, 1.165) is 21.5 Å². The number of nitrogens with zero attached hydrogens (tertiary/aromatic N) is 4. The minimum Gasteiger partial charge on any atom is -0.506 e. The predicted molar refractivity (Wildman–Crippen MR) is 143 cm³/mol. The summed E-state index contributed by atoms with van der Waals surface area (Å²) >= 11 is 7.86. The lowest BCUT2D eigenvalue weighted by atomic mass is 10.2. The summed E-state index contributed by atoms with van der Waals surface area (Å²) in [4.78, 5) is 12.4. The van der Waals surface area contributed by atoms with Gasteiger partial charge in [-0.15, -0.1) is 10.2 Å². The van der Waals surface area contributed by atoms with Gasteiger partial charge in [-0.2, -0.15) is 5.10 Å². The number of aromatic nitrogens is 3. The highest BCUT2D eigenvalue weighted by atomic mass is 79.9. The zero-order valence-corrected chi connectivity index (χ0v) is 22.3. The van der Waals surface area contributed by atoms with E-state index in [0.29, 0.717) is 21.0 Å². The summed E-state index contributed by atoms with van der Waals surface area (Å²) in [6.45, 7) is 0. The first kappa shape index (κ1) is 25.0. The van der Waals surface area contributed by atoms with Gasteiger partial charge in [0.2, 0.25) is 0 Å². The van der Waals surface area contributed by atoms with Crippen LogP contribution in [-0.2, 0) is 4.79 Å². The van der Waals surface area contributed by atoms with Gasteiger partial charge in [0, 0.05) is 21.3 Å². The maximum absolute atomic E-state index is 12.4. The molecule has 1 amide bonds. The molecule has 0 aliphatic carbocycles. The van der Waals surface area contributed by atoms with E-state index in [1.54, 1.807) is 19.2 Å². The summed E-state index contributed by atoms with van der Waals surface area (Å²) in [5.74, 6) is 1.17. The van der Waals surface area contributed by atoms with Crippen LogP contribution in [0.1, 0.15) is 5.56 Å². The molecule has 3 aromatic carbocycles. The Balaban J connectivity index is 1.50. The number of nitrogens with one attached hydrogen (secondary N) is 1. The van der Waals surface area contributed by atoms with Crippen molar-refractivity contribution in [2.24, 2.45) is 5.10 Å². The SMILES string of the molecule is COc1ccc(-c2nnc(SCC(=O)N/N=C\c3cc(Br)cc(Br)c3O)n2-c2ccccc2)cc1. The van der Waals surface area contributed by atoms with Crippen LogP contribution in [0.2, 0.25) is 0 Å². The monoisotopic (exact) mass is 615 g/mol. The first-order valence-electron chi connectivity index (χ1n) is 10.2. The molecule has 11 heteroatoms. The summed E-state index contributed by atoms with van der Waals surface area (Å²) in [5.41, 5.74) is 4.66. The van der Waals surface area contributed by atoms with Crippen molar-refractivity contribution in [3.8, 4) is 28.6 Å². The van der Waals surface area contributed by atoms with Crippen molar-refractivity contribution in [3.63, 3.8) is 0 Å². The molecule has 4 aromatic rings. The van der Waals surface area contributed by atoms with Crippen LogP contribution in [0.4, 0.5) is 0 Å². The van der Waals surface area contributed by atoms with Crippen molar-refractivity contribution in [2.45, 2.75) is 5.16 Å². The maximum Gasteiger partial charge on any atom is 0.250 e. The van der Waals surface area contributed by atoms with E-state index in [1.165, 1.54) is 18.0 Å². The third kappa shape index (κ3) is 6.11. The Morgan fingerprint density at radius 3 is 2.60 bits per heavy atom. The Bertz CT molecular complexity index is 1360. The van der Waals surface area contributed by atoms with Gasteiger partial charge in [0.1, 0.15) is 11.5 Å². The molecular formula is C24H19Br2N5O3S. The molecule has 178 valence electrons. The Morgan fingerprint density at radius 2 is 1.89 bits per heavy atom. The minimum absolute atomic E-state index is 0.0302. The van der Waals surface area contributed by atoms with Crippen molar-refractivity contribution in [1.82, 2.24) is 20.2 Å². The molecule has 0 saturated heterocycles. The molecule has 0 unspecified atom stereocenters. The van der Waals surface area contributed by atoms with Crippen LogP contribution in [0.15, 0.2) is 85.9 Å². The second-order valence-electron chi connectivity index (χ2n) is 7.11. The van der Waals surface area contributed by atoms with E-state index >= 15 is 0 Å². The third-order valence-electron chi connectivity index (χ3n) is 4.78. The Hall–Kier alpha value is -3.15. The average Bonchev–Trinajstić information content (AvgIpc) is 3.30. The van der Waals surface area contributed by atoms with Gasteiger partial charge in [-0.05, 0) is 64.5 Å². The van der Waals surface area contributed by atoms with Crippen LogP contribution in [0.3, 0.4) is 0 Å². The van der Waals surface area contributed by atoms with E-state index in [-0.39, 0.29) is 17.4 Å². The lowest BCUT2D eigenvalue weighted by Crippen LogP contribution is -2.20. The fraction of sp³-hybridized carbons (Fsp3) is 0.0833. The molecule has 1 aromatic heterocycles. The highest BCUT2D eigenvalue weighted by molar-refractivity contribution is 9.11. The first-order valence-corrected chi connectivity index (χ1v) is 12.8. The van der Waals surface area contributed by atoms with Crippen LogP contribution in [0, 0.1) is 0 Å². The first-order chi connectivity index (χ1) is 17.0. The van der Waals surface area contributed by atoms with Gasteiger partial charge in [-0.25, -0.2) is 5.43 Å². The predicted octanol–water partition coefficient (Wildman–Crippen LogP) is 5.42. The fourth-order valence-electron chi connectivity index (χ4n) is 3.12. The minimum atomic E-state index is -0.326. The normalized spacial score (nSPS) is 11.1. The Morgan fingerprint density at radius 1 is 1.14 bits per heavy atom. The van der Waals surface area contributed by atoms with Crippen LogP contribution in [0.25, 0.3) is 17.1 Å². The number of hydrogen-bond acceptors (Lipinski definition) is 7. The van der Waals surface area contributed by atoms with E-state index in [2.05, 4.69) is 52.6 Å². The second kappa shape index (κ2) is 11.5. The Labute approximate surface area is 222 Å². The molecule has 0 aliphatic heterocycles. The lowest BCUT2D eigenvalue weighted by Gasteiger charge is -2.10. The molecule has 4 rings (SSSR count). The zero-order valence-electron chi connectivity index (χ0n) is 18.4. The number of ether oxygens (including phenoxy) is 1. The number of hydrogen-bond donors (Lipinski definition) is 2. The number of para-hydroxylation sites is 1. The van der Waals surface area contributed by atoms with E-state index in [9.17, 15) is 9.90 Å². The van der Waals surface area contributed by atoms with Gasteiger partial charge >= 0.3 is 0 Å². The molecule has 0 radical (unpaired) electrons. The topological polar surface area (TPSA) is 102 Å². The fourth-order valence-corrected chi connectivity index (χ4v) is 5.12. The summed E-state index contributed by atoms with van der Waals surface area (Å²) in [5, 5.41) is 23.3. The van der Waals surface area contributed by atoms with Gasteiger partial charge in [0.25, 0.3) is 5.91 Å². The highest BCUT2D eigenvalue weighted by Crippen LogP contribution is 2.31. The van der Waals surface area contributed by atoms with E-state index in [1.807, 2.05) is 59.2 Å². The van der Waals surface area contributed by atoms with Gasteiger partial charge in [-0.1, -0.05) is 45.9 Å². The molecule has 0 saturated carbocycles. The van der Waals surface area contributed by atoms with Gasteiger partial charge < -0.3 is 9.84 Å². The van der Waals surface area contributed by atoms with Gasteiger partial charge in [-0.3, -0.25) is 9.36 Å². The Kier molecular flexibility index (Phi) is 8.21. The van der Waals surface area contributed by atoms with Crippen molar-refractivity contribution < 1.29 is 14.6 Å². The van der Waals surface area contributed by atoms with E-state index in [4.69, 9.17) is 4.74 Å². The van der Waals surface area contributed by atoms with E-state index < -0.39 is 0 Å². The van der Waals surface area contributed by atoms with Crippen molar-refractivity contribution in [1.29, 1.82) is 0 Å². The van der Waals surface area contributed by atoms with Gasteiger partial charge in [0.05, 0.1) is 23.5 Å². The molecule has 0 aliphatic rings. The quantitative estimate of drug-likeness (QED) is 0.156. The van der Waals surface area contributed by atoms with Crippen LogP contribution >= 0.6 is 43.6 Å². The maximum atomic E-state index is 12.4. The standard InChI is InChI=1S/C24H19Br2N5O3S/c1-34-19-9-7-15(8-10-19)23-29-30-24(31(23)18-5-3-2-4-6-18)35-14-21(32)28-27-13-16-11-17(25)12-20(26)22(16)33/h2-13,33H,14H2,1H3,(H,28,32)/b27-13-. The number of carbonyl (C=O) groups is 1. The number of amides is 1. The molecule has 1 heterocycles. The van der Waals surface area contributed by atoms with Crippen LogP contribution < -0.4 is 10.2 Å². The lowest BCUT2D eigenvalue weighted by molar-refractivity contribution is -0.118. The number of phenolic OH excluding ortho intramolecular Hbond substituents is 1. The number of phenols is 1. The molecule has 0 fully saturated rings. The number of aromatic hydroxyl groups is 1. The molecule has 2 N–H and O–H groups in total. The number of rotatable bonds is 8. The van der Waals surface area contributed by atoms with Crippen LogP contribution in [-0.4, -0.2) is 44.9 Å². The zero-order chi connectivity index (χ0) is 24.8. The molecule has 0 atom stereocenters. The number of thioether (sulfide) groups is 1. The highest BCUT2D eigenvalue weighted by Gasteiger charge is 2.17. The van der Waals surface area contributed by atoms with Gasteiger partial charge in [0.15, 0.2) is 11.0 Å². The number of hydrazone groups is 1. The summed E-state index contributed by atoms with van der Waals surface area (Å²) in [6.07, 6.45) is 1.38.